The number of carbonyl (C=O) groups excluding carboxylic acids is 1. The summed E-state index contributed by atoms with van der Waals surface area (Å²) in [6, 6.07) is 6.76. The summed E-state index contributed by atoms with van der Waals surface area (Å²) in [5, 5.41) is 17.2. The van der Waals surface area contributed by atoms with Crippen molar-refractivity contribution < 1.29 is 18.3 Å². The molecule has 0 aliphatic carbocycles. The van der Waals surface area contributed by atoms with Crippen LogP contribution < -0.4 is 10.6 Å². The lowest BCUT2D eigenvalue weighted by atomic mass is 9.96. The Labute approximate surface area is 198 Å². The highest BCUT2D eigenvalue weighted by Gasteiger charge is 2.36. The lowest BCUT2D eigenvalue weighted by Crippen LogP contribution is -2.56. The molecule has 2 aromatic rings. The summed E-state index contributed by atoms with van der Waals surface area (Å²) in [6.45, 7) is 1.84. The van der Waals surface area contributed by atoms with Gasteiger partial charge in [-0.15, -0.1) is 0 Å². The van der Waals surface area contributed by atoms with Crippen LogP contribution in [0.15, 0.2) is 42.1 Å². The molecule has 2 aliphatic heterocycles. The van der Waals surface area contributed by atoms with E-state index in [1.807, 2.05) is 0 Å². The number of nitrogen functional groups attached to an aromatic ring is 1. The minimum absolute atomic E-state index is 0.0602. The van der Waals surface area contributed by atoms with E-state index in [4.69, 9.17) is 11.1 Å². The van der Waals surface area contributed by atoms with Crippen LogP contribution in [0.25, 0.3) is 0 Å². The van der Waals surface area contributed by atoms with E-state index in [0.29, 0.717) is 56.8 Å². The van der Waals surface area contributed by atoms with E-state index in [-0.39, 0.29) is 35.5 Å². The van der Waals surface area contributed by atoms with Crippen molar-refractivity contribution in [1.29, 1.82) is 5.41 Å². The van der Waals surface area contributed by atoms with Crippen LogP contribution in [0.4, 0.5) is 10.5 Å². The average Bonchev–Trinajstić information content (AvgIpc) is 2.86. The summed E-state index contributed by atoms with van der Waals surface area (Å²) in [6.07, 6.45) is 3.50. The highest BCUT2D eigenvalue weighted by Crippen LogP contribution is 2.27. The summed E-state index contributed by atoms with van der Waals surface area (Å²) in [4.78, 5) is 27.8. The Hall–Kier alpha value is -3.16. The molecule has 0 saturated carbocycles. The summed E-state index contributed by atoms with van der Waals surface area (Å²) >= 11 is 0. The maximum absolute atomic E-state index is 13.3. The molecule has 1 aromatic carbocycles. The number of aromatic nitrogens is 3. The number of aliphatic hydroxyl groups is 1. The van der Waals surface area contributed by atoms with Gasteiger partial charge in [-0.1, -0.05) is 12.1 Å². The number of urea groups is 1. The molecule has 1 atom stereocenters. The number of hydrogen-bond donors (Lipinski definition) is 3. The van der Waals surface area contributed by atoms with Crippen LogP contribution in [-0.4, -0.2) is 88.9 Å². The largest absolute Gasteiger partial charge is 0.396 e. The number of carbonyl (C=O) groups is 1. The second kappa shape index (κ2) is 9.99. The molecule has 2 saturated heterocycles. The van der Waals surface area contributed by atoms with E-state index in [1.165, 1.54) is 4.31 Å². The molecule has 3 heterocycles. The molecule has 12 nitrogen and oxygen atoms in total. The van der Waals surface area contributed by atoms with Crippen LogP contribution in [0.5, 0.6) is 0 Å². The zero-order valence-corrected chi connectivity index (χ0v) is 19.4. The summed E-state index contributed by atoms with van der Waals surface area (Å²) in [5.41, 5.74) is 6.75. The maximum Gasteiger partial charge on any atom is 0.324 e. The third kappa shape index (κ3) is 5.00. The number of amidine groups is 1. The van der Waals surface area contributed by atoms with E-state index in [1.54, 1.807) is 34.1 Å². The monoisotopic (exact) mass is 488 g/mol. The van der Waals surface area contributed by atoms with Crippen molar-refractivity contribution in [2.24, 2.45) is 17.6 Å². The van der Waals surface area contributed by atoms with Gasteiger partial charge in [0, 0.05) is 56.5 Å². The fourth-order valence-corrected chi connectivity index (χ4v) is 5.68. The second-order valence-electron chi connectivity index (χ2n) is 8.58. The van der Waals surface area contributed by atoms with Crippen LogP contribution in [0.2, 0.25) is 0 Å². The van der Waals surface area contributed by atoms with Gasteiger partial charge >= 0.3 is 6.03 Å². The Kier molecular flexibility index (Phi) is 7.05. The molecule has 1 unspecified atom stereocenters. The van der Waals surface area contributed by atoms with Gasteiger partial charge in [0.1, 0.15) is 18.5 Å². The van der Waals surface area contributed by atoms with E-state index in [0.717, 1.165) is 12.7 Å². The van der Waals surface area contributed by atoms with E-state index >= 15 is 0 Å². The van der Waals surface area contributed by atoms with Crippen molar-refractivity contribution in [3.63, 3.8) is 0 Å². The van der Waals surface area contributed by atoms with Gasteiger partial charge in [-0.3, -0.25) is 10.3 Å². The number of amides is 2. The number of hydrogen-bond acceptors (Lipinski definition) is 8. The molecule has 4 N–H and O–H groups in total. The number of nitrogens with two attached hydrogens (primary N) is 1. The number of nitrogens with one attached hydrogen (secondary N) is 1. The number of rotatable bonds is 7. The summed E-state index contributed by atoms with van der Waals surface area (Å²) in [7, 11) is -3.78. The first-order chi connectivity index (χ1) is 16.3. The summed E-state index contributed by atoms with van der Waals surface area (Å²) in [5.74, 6) is -0.0830. The number of anilines is 1. The highest BCUT2D eigenvalue weighted by atomic mass is 32.2. The molecule has 182 valence electrons. The number of piperidine rings is 1. The van der Waals surface area contributed by atoms with Gasteiger partial charge in [0.2, 0.25) is 0 Å². The maximum atomic E-state index is 13.3. The van der Waals surface area contributed by atoms with Crippen LogP contribution in [0.3, 0.4) is 0 Å². The van der Waals surface area contributed by atoms with Gasteiger partial charge in [-0.2, -0.15) is 4.31 Å². The van der Waals surface area contributed by atoms with Crippen LogP contribution in [0.1, 0.15) is 18.4 Å². The molecular weight excluding hydrogens is 460 g/mol. The van der Waals surface area contributed by atoms with E-state index in [9.17, 15) is 18.3 Å². The first-order valence-electron chi connectivity index (χ1n) is 11.0. The Bertz CT molecular complexity index is 1140. The molecule has 0 bridgehead atoms. The minimum Gasteiger partial charge on any atom is -0.396 e. The summed E-state index contributed by atoms with van der Waals surface area (Å²) < 4.78 is 26.9. The van der Waals surface area contributed by atoms with Gasteiger partial charge in [-0.25, -0.2) is 28.2 Å². The first-order valence-corrected chi connectivity index (χ1v) is 12.5. The lowest BCUT2D eigenvalue weighted by molar-refractivity contribution is 0.128. The topological polar surface area (TPSA) is 170 Å². The zero-order valence-electron chi connectivity index (χ0n) is 18.6. The van der Waals surface area contributed by atoms with Gasteiger partial charge in [-0.05, 0) is 30.9 Å². The van der Waals surface area contributed by atoms with Crippen LogP contribution in [0, 0.1) is 17.2 Å². The third-order valence-electron chi connectivity index (χ3n) is 6.24. The van der Waals surface area contributed by atoms with Crippen molar-refractivity contribution >= 4 is 27.6 Å². The Morgan fingerprint density at radius 2 is 1.85 bits per heavy atom. The lowest BCUT2D eigenvalue weighted by Gasteiger charge is -2.42. The Morgan fingerprint density at radius 3 is 2.50 bits per heavy atom. The molecule has 4 rings (SSSR count). The molecule has 1 aromatic heterocycles. The van der Waals surface area contributed by atoms with Crippen molar-refractivity contribution in [2.45, 2.75) is 18.0 Å². The van der Waals surface area contributed by atoms with Crippen LogP contribution >= 0.6 is 0 Å². The number of aliphatic hydroxyl groups excluding tert-OH is 1. The smallest absolute Gasteiger partial charge is 0.324 e. The van der Waals surface area contributed by atoms with Crippen LogP contribution in [-0.2, 0) is 10.0 Å². The first kappa shape index (κ1) is 24.0. The molecule has 13 heteroatoms. The van der Waals surface area contributed by atoms with Crippen molar-refractivity contribution in [2.75, 3.05) is 44.2 Å². The average molecular weight is 489 g/mol. The number of benzene rings is 1. The van der Waals surface area contributed by atoms with Gasteiger partial charge < -0.3 is 15.7 Å². The molecular formula is C21H28N8O4S. The van der Waals surface area contributed by atoms with Gasteiger partial charge in [0.05, 0.1) is 0 Å². The molecule has 34 heavy (non-hydrogen) atoms. The second-order valence-corrected chi connectivity index (χ2v) is 10.4. The fourth-order valence-electron chi connectivity index (χ4n) is 4.40. The Morgan fingerprint density at radius 1 is 1.15 bits per heavy atom. The molecule has 0 spiro atoms. The number of nitrogens with zero attached hydrogens (tertiary/aromatic N) is 6. The van der Waals surface area contributed by atoms with E-state index in [2.05, 4.69) is 15.0 Å². The molecule has 2 aliphatic rings. The standard InChI is InChI=1S/C21H28N8O4S/c22-19(23)17-2-1-3-18(8-17)29-11-16(12-30)10-27(21(29)31)9-15-4-6-28(7-5-15)34(32,33)20-25-13-24-14-26-20/h1-3,8,13-16,30H,4-7,9-12H2,(H3,22,23). The highest BCUT2D eigenvalue weighted by molar-refractivity contribution is 7.88. The van der Waals surface area contributed by atoms with Crippen molar-refractivity contribution in [1.82, 2.24) is 24.2 Å². The third-order valence-corrected chi connectivity index (χ3v) is 7.96. The minimum atomic E-state index is -3.78. The van der Waals surface area contributed by atoms with Crippen molar-refractivity contribution in [3.8, 4) is 0 Å². The van der Waals surface area contributed by atoms with E-state index < -0.39 is 10.0 Å². The predicted molar refractivity (Wildman–Crippen MR) is 124 cm³/mol. The normalized spacial score (nSPS) is 20.5. The van der Waals surface area contributed by atoms with Gasteiger partial charge in [0.15, 0.2) is 0 Å². The predicted octanol–water partition coefficient (Wildman–Crippen LogP) is 0.107. The quantitative estimate of drug-likeness (QED) is 0.364. The molecule has 2 amide bonds. The molecule has 2 fully saturated rings. The SMILES string of the molecule is N=C(N)c1cccc(N2CC(CO)CN(CC3CCN(S(=O)(=O)c4ncncn4)CC3)C2=O)c1. The van der Waals surface area contributed by atoms with Gasteiger partial charge in [0.25, 0.3) is 15.2 Å². The Balaban J connectivity index is 1.43. The number of sulfonamides is 1. The van der Waals surface area contributed by atoms with Crippen molar-refractivity contribution in [3.05, 3.63) is 42.5 Å². The zero-order chi connectivity index (χ0) is 24.3. The molecule has 0 radical (unpaired) electrons. The fraction of sp³-hybridized carbons (Fsp3) is 0.476.